The number of methoxy groups -OCH3 is 1. The monoisotopic (exact) mass is 217 g/mol. The molecule has 1 heterocycles. The van der Waals surface area contributed by atoms with Gasteiger partial charge in [0.25, 0.3) is 0 Å². The van der Waals surface area contributed by atoms with Crippen molar-refractivity contribution in [1.29, 1.82) is 0 Å². The molecule has 0 aliphatic heterocycles. The Hall–Kier alpha value is -2.17. The average molecular weight is 217 g/mol. The van der Waals surface area contributed by atoms with Crippen molar-refractivity contribution in [3.63, 3.8) is 0 Å². The molecule has 0 saturated heterocycles. The van der Waals surface area contributed by atoms with E-state index in [0.717, 1.165) is 11.3 Å². The first-order valence-electron chi connectivity index (χ1n) is 4.78. The van der Waals surface area contributed by atoms with Crippen molar-refractivity contribution >= 4 is 5.97 Å². The molecular formula is C11H11N3O2. The molecule has 82 valence electrons. The fourth-order valence-electron chi connectivity index (χ4n) is 1.36. The minimum atomic E-state index is -0.487. The minimum Gasteiger partial charge on any atom is -0.464 e. The van der Waals surface area contributed by atoms with Crippen LogP contribution in [0.1, 0.15) is 16.1 Å². The summed E-state index contributed by atoms with van der Waals surface area (Å²) in [7, 11) is 1.31. The van der Waals surface area contributed by atoms with Gasteiger partial charge in [0, 0.05) is 0 Å². The van der Waals surface area contributed by atoms with Crippen molar-refractivity contribution in [2.45, 2.75) is 6.92 Å². The molecule has 16 heavy (non-hydrogen) atoms. The van der Waals surface area contributed by atoms with Crippen LogP contribution < -0.4 is 0 Å². The van der Waals surface area contributed by atoms with Crippen molar-refractivity contribution in [1.82, 2.24) is 15.0 Å². The Kier molecular flexibility index (Phi) is 2.68. The van der Waals surface area contributed by atoms with E-state index in [9.17, 15) is 4.79 Å². The highest BCUT2D eigenvalue weighted by molar-refractivity contribution is 5.86. The van der Waals surface area contributed by atoms with Crippen LogP contribution in [0.25, 0.3) is 5.69 Å². The summed E-state index contributed by atoms with van der Waals surface area (Å²) in [6, 6.07) is 7.75. The molecule has 5 nitrogen and oxygen atoms in total. The number of nitrogens with zero attached hydrogens (tertiary/aromatic N) is 3. The van der Waals surface area contributed by atoms with Gasteiger partial charge in [0.15, 0.2) is 5.69 Å². The highest BCUT2D eigenvalue weighted by Crippen LogP contribution is 2.09. The van der Waals surface area contributed by atoms with Gasteiger partial charge < -0.3 is 4.74 Å². The summed E-state index contributed by atoms with van der Waals surface area (Å²) in [4.78, 5) is 11.2. The molecule has 1 aromatic carbocycles. The maximum atomic E-state index is 11.2. The molecule has 0 atom stereocenters. The van der Waals surface area contributed by atoms with Gasteiger partial charge in [-0.25, -0.2) is 9.48 Å². The highest BCUT2D eigenvalue weighted by Gasteiger charge is 2.10. The standard InChI is InChI=1S/C11H11N3O2/c1-8-4-3-5-9(6-8)14-7-10(12-13-14)11(15)16-2/h3-7H,1-2H3. The van der Waals surface area contributed by atoms with E-state index in [4.69, 9.17) is 0 Å². The second-order valence-electron chi connectivity index (χ2n) is 3.38. The molecule has 0 bridgehead atoms. The molecule has 0 saturated carbocycles. The zero-order valence-corrected chi connectivity index (χ0v) is 9.04. The summed E-state index contributed by atoms with van der Waals surface area (Å²) < 4.78 is 6.10. The van der Waals surface area contributed by atoms with Crippen LogP contribution in [-0.2, 0) is 4.74 Å². The van der Waals surface area contributed by atoms with Crippen LogP contribution in [0.4, 0.5) is 0 Å². The van der Waals surface area contributed by atoms with Crippen LogP contribution >= 0.6 is 0 Å². The Bertz CT molecular complexity index is 519. The topological polar surface area (TPSA) is 57.0 Å². The maximum absolute atomic E-state index is 11.2. The Morgan fingerprint density at radius 1 is 1.44 bits per heavy atom. The van der Waals surface area contributed by atoms with Crippen LogP contribution in [0.15, 0.2) is 30.5 Å². The van der Waals surface area contributed by atoms with E-state index < -0.39 is 5.97 Å². The molecule has 0 aliphatic carbocycles. The molecule has 0 radical (unpaired) electrons. The van der Waals surface area contributed by atoms with Crippen molar-refractivity contribution in [2.75, 3.05) is 7.11 Å². The molecule has 2 aromatic rings. The van der Waals surface area contributed by atoms with Gasteiger partial charge in [-0.1, -0.05) is 17.3 Å². The van der Waals surface area contributed by atoms with Crippen LogP contribution in [0, 0.1) is 6.92 Å². The van der Waals surface area contributed by atoms with Gasteiger partial charge >= 0.3 is 5.97 Å². The number of rotatable bonds is 2. The third-order valence-electron chi connectivity index (χ3n) is 2.15. The zero-order chi connectivity index (χ0) is 11.5. The summed E-state index contributed by atoms with van der Waals surface area (Å²) in [5.41, 5.74) is 2.18. The second kappa shape index (κ2) is 4.14. The van der Waals surface area contributed by atoms with Gasteiger partial charge in [0.1, 0.15) is 0 Å². The molecule has 0 aliphatic rings. The number of ether oxygens (including phenoxy) is 1. The normalized spacial score (nSPS) is 10.1. The van der Waals surface area contributed by atoms with Crippen LogP contribution in [0.5, 0.6) is 0 Å². The molecule has 0 fully saturated rings. The number of carbonyl (C=O) groups is 1. The number of esters is 1. The van der Waals surface area contributed by atoms with E-state index in [-0.39, 0.29) is 5.69 Å². The fourth-order valence-corrected chi connectivity index (χ4v) is 1.36. The lowest BCUT2D eigenvalue weighted by Gasteiger charge is -1.99. The van der Waals surface area contributed by atoms with Gasteiger partial charge in [-0.2, -0.15) is 0 Å². The number of hydrogen-bond acceptors (Lipinski definition) is 4. The van der Waals surface area contributed by atoms with Gasteiger partial charge in [-0.05, 0) is 24.6 Å². The van der Waals surface area contributed by atoms with Crippen LogP contribution in [0.2, 0.25) is 0 Å². The Labute approximate surface area is 92.7 Å². The molecule has 1 aromatic heterocycles. The first-order valence-corrected chi connectivity index (χ1v) is 4.78. The second-order valence-corrected chi connectivity index (χ2v) is 3.38. The number of carbonyl (C=O) groups excluding carboxylic acids is 1. The Balaban J connectivity index is 2.35. The summed E-state index contributed by atoms with van der Waals surface area (Å²) in [6.45, 7) is 1.99. The van der Waals surface area contributed by atoms with E-state index in [1.807, 2.05) is 31.2 Å². The fraction of sp³-hybridized carbons (Fsp3) is 0.182. The van der Waals surface area contributed by atoms with E-state index in [0.29, 0.717) is 0 Å². The summed E-state index contributed by atoms with van der Waals surface area (Å²) in [5.74, 6) is -0.487. The Morgan fingerprint density at radius 3 is 2.94 bits per heavy atom. The van der Waals surface area contributed by atoms with E-state index >= 15 is 0 Å². The molecule has 2 rings (SSSR count). The number of hydrogen-bond donors (Lipinski definition) is 0. The van der Waals surface area contributed by atoms with Gasteiger partial charge in [0.05, 0.1) is 19.0 Å². The van der Waals surface area contributed by atoms with Crippen molar-refractivity contribution in [3.05, 3.63) is 41.7 Å². The predicted octanol–water partition coefficient (Wildman–Crippen LogP) is 1.36. The molecule has 0 N–H and O–H groups in total. The third kappa shape index (κ3) is 1.93. The lowest BCUT2D eigenvalue weighted by Crippen LogP contribution is -2.01. The van der Waals surface area contributed by atoms with E-state index in [2.05, 4.69) is 15.0 Å². The van der Waals surface area contributed by atoms with Crippen molar-refractivity contribution in [3.8, 4) is 5.69 Å². The molecule has 5 heteroatoms. The summed E-state index contributed by atoms with van der Waals surface area (Å²) >= 11 is 0. The quantitative estimate of drug-likeness (QED) is 0.713. The van der Waals surface area contributed by atoms with E-state index in [1.165, 1.54) is 7.11 Å². The first kappa shape index (κ1) is 10.4. The smallest absolute Gasteiger partial charge is 0.360 e. The summed E-state index contributed by atoms with van der Waals surface area (Å²) in [5, 5.41) is 7.59. The van der Waals surface area contributed by atoms with Crippen LogP contribution in [-0.4, -0.2) is 28.1 Å². The SMILES string of the molecule is COC(=O)c1cn(-c2cccc(C)c2)nn1. The minimum absolute atomic E-state index is 0.198. The first-order chi connectivity index (χ1) is 7.70. The number of aromatic nitrogens is 3. The maximum Gasteiger partial charge on any atom is 0.360 e. The van der Waals surface area contributed by atoms with Gasteiger partial charge in [-0.3, -0.25) is 0 Å². The van der Waals surface area contributed by atoms with Crippen LogP contribution in [0.3, 0.4) is 0 Å². The molecule has 0 amide bonds. The molecule has 0 unspecified atom stereocenters. The highest BCUT2D eigenvalue weighted by atomic mass is 16.5. The van der Waals surface area contributed by atoms with Crippen molar-refractivity contribution < 1.29 is 9.53 Å². The number of aryl methyl sites for hydroxylation is 1. The Morgan fingerprint density at radius 2 is 2.25 bits per heavy atom. The van der Waals surface area contributed by atoms with Gasteiger partial charge in [-0.15, -0.1) is 5.10 Å². The predicted molar refractivity (Wildman–Crippen MR) is 57.4 cm³/mol. The van der Waals surface area contributed by atoms with E-state index in [1.54, 1.807) is 10.9 Å². The lowest BCUT2D eigenvalue weighted by atomic mass is 10.2. The molecule has 0 spiro atoms. The summed E-state index contributed by atoms with van der Waals surface area (Å²) in [6.07, 6.45) is 1.54. The van der Waals surface area contributed by atoms with Crippen molar-refractivity contribution in [2.24, 2.45) is 0 Å². The third-order valence-corrected chi connectivity index (χ3v) is 2.15. The number of benzene rings is 1. The van der Waals surface area contributed by atoms with Gasteiger partial charge in [0.2, 0.25) is 0 Å². The lowest BCUT2D eigenvalue weighted by molar-refractivity contribution is 0.0594. The molecular weight excluding hydrogens is 206 g/mol. The largest absolute Gasteiger partial charge is 0.464 e. The average Bonchev–Trinajstić information content (AvgIpc) is 2.77. The zero-order valence-electron chi connectivity index (χ0n) is 9.04.